The minimum absolute atomic E-state index is 0.896. The summed E-state index contributed by atoms with van der Waals surface area (Å²) in [6, 6.07) is 0. The average Bonchev–Trinajstić information content (AvgIpc) is 1.81. The zero-order valence-corrected chi connectivity index (χ0v) is 7.32. The van der Waals surface area contributed by atoms with E-state index in [1.807, 2.05) is 0 Å². The van der Waals surface area contributed by atoms with Crippen LogP contribution in [0.5, 0.6) is 0 Å². The molecule has 1 aliphatic rings. The Hall–Kier alpha value is 0.350. The van der Waals surface area contributed by atoms with Crippen LogP contribution in [0.4, 0.5) is 0 Å². The summed E-state index contributed by atoms with van der Waals surface area (Å²) in [6.07, 6.45) is 7.93. The third kappa shape index (κ3) is 2.96. The van der Waals surface area contributed by atoms with Gasteiger partial charge < -0.3 is 0 Å². The second-order valence-electron chi connectivity index (χ2n) is 3.20. The predicted octanol–water partition coefficient (Wildman–Crippen LogP) is 1.75. The van der Waals surface area contributed by atoms with Gasteiger partial charge in [-0.2, -0.15) is 5.50 Å². The van der Waals surface area contributed by atoms with Gasteiger partial charge in [0.1, 0.15) is 12.3 Å². The molecule has 0 aromatic heterocycles. The summed E-state index contributed by atoms with van der Waals surface area (Å²) in [4.78, 5) is 9.57. The molecular formula is C7H17NOP+. The van der Waals surface area contributed by atoms with Gasteiger partial charge in [-0.15, -0.1) is 0 Å². The van der Waals surface area contributed by atoms with E-state index in [0.717, 1.165) is 25.2 Å². The minimum atomic E-state index is -1.91. The largest absolute Gasteiger partial charge is 0.233 e. The highest BCUT2D eigenvalue weighted by Crippen LogP contribution is 2.48. The molecule has 3 heteroatoms. The lowest BCUT2D eigenvalue weighted by Gasteiger charge is -2.16. The summed E-state index contributed by atoms with van der Waals surface area (Å²) in [6.45, 7) is 0. The number of hydrogen-bond acceptors (Lipinski definition) is 2. The van der Waals surface area contributed by atoms with Gasteiger partial charge in [-0.05, 0) is 25.7 Å². The van der Waals surface area contributed by atoms with E-state index in [0.29, 0.717) is 0 Å². The van der Waals surface area contributed by atoms with Gasteiger partial charge in [0, 0.05) is 0 Å². The molecule has 0 amide bonds. The van der Waals surface area contributed by atoms with Crippen molar-refractivity contribution in [2.75, 3.05) is 12.3 Å². The molecule has 0 atom stereocenters. The van der Waals surface area contributed by atoms with Crippen LogP contribution in [-0.2, 0) is 0 Å². The second-order valence-corrected chi connectivity index (χ2v) is 6.07. The molecule has 10 heavy (non-hydrogen) atoms. The van der Waals surface area contributed by atoms with Gasteiger partial charge in [0.05, 0.1) is 0 Å². The van der Waals surface area contributed by atoms with Crippen LogP contribution in [0.2, 0.25) is 0 Å². The summed E-state index contributed by atoms with van der Waals surface area (Å²) in [5.41, 5.74) is 5.71. The van der Waals surface area contributed by atoms with E-state index in [4.69, 9.17) is 5.50 Å². The standard InChI is InChI=1S/C7H17NOP/c8-10(9)6-4-2-1-3-5-7-10/h9H,1-8H2/q+1. The van der Waals surface area contributed by atoms with Gasteiger partial charge in [0.15, 0.2) is 0 Å². The number of nitrogens with two attached hydrogens (primary N) is 1. The fraction of sp³-hybridized carbons (Fsp3) is 1.00. The first-order valence-electron chi connectivity index (χ1n) is 4.09. The molecular weight excluding hydrogens is 145 g/mol. The van der Waals surface area contributed by atoms with Crippen LogP contribution in [0.1, 0.15) is 32.1 Å². The zero-order valence-electron chi connectivity index (χ0n) is 6.42. The molecule has 1 fully saturated rings. The quantitative estimate of drug-likeness (QED) is 0.533. The van der Waals surface area contributed by atoms with Crippen LogP contribution in [0.25, 0.3) is 0 Å². The summed E-state index contributed by atoms with van der Waals surface area (Å²) >= 11 is 0. The molecule has 0 spiro atoms. The van der Waals surface area contributed by atoms with Gasteiger partial charge in [0.2, 0.25) is 7.64 Å². The molecule has 3 N–H and O–H groups in total. The van der Waals surface area contributed by atoms with Crippen LogP contribution in [0.3, 0.4) is 0 Å². The first kappa shape index (κ1) is 8.45. The highest BCUT2D eigenvalue weighted by atomic mass is 31.2. The molecule has 1 saturated heterocycles. The monoisotopic (exact) mass is 162 g/mol. The normalized spacial score (nSPS) is 27.0. The fourth-order valence-corrected chi connectivity index (χ4v) is 3.18. The molecule has 0 aromatic carbocycles. The van der Waals surface area contributed by atoms with Crippen molar-refractivity contribution in [1.82, 2.24) is 0 Å². The highest BCUT2D eigenvalue weighted by Gasteiger charge is 2.29. The Morgan fingerprint density at radius 2 is 1.30 bits per heavy atom. The Morgan fingerprint density at radius 1 is 0.900 bits per heavy atom. The van der Waals surface area contributed by atoms with Gasteiger partial charge in [0.25, 0.3) is 0 Å². The number of rotatable bonds is 0. The Kier molecular flexibility index (Phi) is 3.09. The van der Waals surface area contributed by atoms with E-state index < -0.39 is 7.64 Å². The van der Waals surface area contributed by atoms with E-state index in [9.17, 15) is 4.89 Å². The summed E-state index contributed by atoms with van der Waals surface area (Å²) in [5.74, 6) is 0. The summed E-state index contributed by atoms with van der Waals surface area (Å²) in [7, 11) is -1.91. The van der Waals surface area contributed by atoms with Gasteiger partial charge >= 0.3 is 0 Å². The van der Waals surface area contributed by atoms with Crippen molar-refractivity contribution in [1.29, 1.82) is 0 Å². The average molecular weight is 162 g/mol. The topological polar surface area (TPSA) is 46.2 Å². The SMILES string of the molecule is N[P+]1(O)CCCCCCC1. The third-order valence-electron chi connectivity index (χ3n) is 2.09. The first-order chi connectivity index (χ1) is 4.71. The van der Waals surface area contributed by atoms with Crippen molar-refractivity contribution in [3.8, 4) is 0 Å². The van der Waals surface area contributed by atoms with Crippen LogP contribution in [0, 0.1) is 0 Å². The van der Waals surface area contributed by atoms with Gasteiger partial charge in [-0.1, -0.05) is 6.42 Å². The van der Waals surface area contributed by atoms with Crippen LogP contribution in [-0.4, -0.2) is 17.2 Å². The molecule has 0 unspecified atom stereocenters. The van der Waals surface area contributed by atoms with E-state index in [1.165, 1.54) is 19.3 Å². The molecule has 0 aromatic rings. The lowest BCUT2D eigenvalue weighted by molar-refractivity contribution is 0.561. The molecule has 2 nitrogen and oxygen atoms in total. The van der Waals surface area contributed by atoms with Crippen LogP contribution in [0.15, 0.2) is 0 Å². The van der Waals surface area contributed by atoms with Gasteiger partial charge in [-0.25, -0.2) is 4.89 Å². The van der Waals surface area contributed by atoms with Crippen molar-refractivity contribution in [3.63, 3.8) is 0 Å². The van der Waals surface area contributed by atoms with Crippen LogP contribution < -0.4 is 5.50 Å². The molecule has 1 aliphatic heterocycles. The van der Waals surface area contributed by atoms with Crippen LogP contribution >= 0.6 is 7.64 Å². The fourth-order valence-electron chi connectivity index (χ4n) is 1.41. The maximum atomic E-state index is 9.57. The highest BCUT2D eigenvalue weighted by molar-refractivity contribution is 7.68. The third-order valence-corrected chi connectivity index (χ3v) is 4.27. The predicted molar refractivity (Wildman–Crippen MR) is 46.1 cm³/mol. The molecule has 1 heterocycles. The van der Waals surface area contributed by atoms with Crippen molar-refractivity contribution >= 4 is 7.64 Å². The maximum Gasteiger partial charge on any atom is 0.206 e. The van der Waals surface area contributed by atoms with Crippen molar-refractivity contribution in [2.24, 2.45) is 5.50 Å². The van der Waals surface area contributed by atoms with Gasteiger partial charge in [-0.3, -0.25) is 0 Å². The van der Waals surface area contributed by atoms with E-state index in [2.05, 4.69) is 0 Å². The molecule has 0 bridgehead atoms. The Labute approximate surface area is 63.3 Å². The summed E-state index contributed by atoms with van der Waals surface area (Å²) < 4.78 is 0. The van der Waals surface area contributed by atoms with E-state index in [-0.39, 0.29) is 0 Å². The zero-order chi connectivity index (χ0) is 7.45. The van der Waals surface area contributed by atoms with Crippen molar-refractivity contribution < 1.29 is 4.89 Å². The number of hydrogen-bond donors (Lipinski definition) is 2. The van der Waals surface area contributed by atoms with E-state index in [1.54, 1.807) is 0 Å². The Balaban J connectivity index is 2.30. The molecule has 0 radical (unpaired) electrons. The molecule has 60 valence electrons. The molecule has 1 rings (SSSR count). The van der Waals surface area contributed by atoms with Crippen molar-refractivity contribution in [2.45, 2.75) is 32.1 Å². The Bertz CT molecular complexity index is 95.8. The van der Waals surface area contributed by atoms with E-state index >= 15 is 0 Å². The molecule has 0 saturated carbocycles. The Morgan fingerprint density at radius 3 is 1.80 bits per heavy atom. The smallest absolute Gasteiger partial charge is 0.206 e. The minimum Gasteiger partial charge on any atom is -0.233 e. The lowest BCUT2D eigenvalue weighted by Crippen LogP contribution is -2.13. The second kappa shape index (κ2) is 3.66. The first-order valence-corrected chi connectivity index (χ1v) is 6.27. The maximum absolute atomic E-state index is 9.57. The molecule has 0 aliphatic carbocycles. The van der Waals surface area contributed by atoms with Crippen molar-refractivity contribution in [3.05, 3.63) is 0 Å². The summed E-state index contributed by atoms with van der Waals surface area (Å²) in [5, 5.41) is 0. The lowest BCUT2D eigenvalue weighted by atomic mass is 10.2.